The van der Waals surface area contributed by atoms with E-state index in [-0.39, 0.29) is 5.76 Å². The highest BCUT2D eigenvalue weighted by molar-refractivity contribution is 9.10. The van der Waals surface area contributed by atoms with Crippen LogP contribution < -0.4 is 0 Å². The predicted molar refractivity (Wildman–Crippen MR) is 63.8 cm³/mol. The number of aromatic carboxylic acids is 1. The Hall–Kier alpha value is -1.26. The van der Waals surface area contributed by atoms with Gasteiger partial charge in [0.25, 0.3) is 0 Å². The molecule has 0 fully saturated rings. The Morgan fingerprint density at radius 3 is 2.44 bits per heavy atom. The second kappa shape index (κ2) is 4.31. The lowest BCUT2D eigenvalue weighted by molar-refractivity contribution is 0.0663. The van der Waals surface area contributed by atoms with Crippen LogP contribution in [-0.4, -0.2) is 11.1 Å². The van der Waals surface area contributed by atoms with Crippen LogP contribution in [-0.2, 0) is 0 Å². The van der Waals surface area contributed by atoms with Crippen molar-refractivity contribution in [2.45, 2.75) is 0 Å². The Morgan fingerprint density at radius 2 is 1.94 bits per heavy atom. The SMILES string of the molecule is O=C(O)c1cc(Br)c(-c2ccc(Cl)cc2)o1. The Balaban J connectivity index is 2.47. The summed E-state index contributed by atoms with van der Waals surface area (Å²) in [6.45, 7) is 0. The number of halogens is 2. The third-order valence-corrected chi connectivity index (χ3v) is 2.84. The number of carboxylic acid groups (broad SMARTS) is 1. The fourth-order valence-electron chi connectivity index (χ4n) is 1.27. The van der Waals surface area contributed by atoms with Gasteiger partial charge < -0.3 is 9.52 Å². The number of carboxylic acids is 1. The average Bonchev–Trinajstić information content (AvgIpc) is 2.62. The molecule has 0 aliphatic heterocycles. The van der Waals surface area contributed by atoms with Crippen molar-refractivity contribution in [3.8, 4) is 11.3 Å². The Kier molecular flexibility index (Phi) is 3.03. The highest BCUT2D eigenvalue weighted by Crippen LogP contribution is 2.32. The van der Waals surface area contributed by atoms with Crippen LogP contribution >= 0.6 is 27.5 Å². The molecule has 0 radical (unpaired) electrons. The topological polar surface area (TPSA) is 50.4 Å². The monoisotopic (exact) mass is 300 g/mol. The molecule has 1 heterocycles. The molecule has 0 spiro atoms. The third kappa shape index (κ3) is 2.13. The zero-order valence-electron chi connectivity index (χ0n) is 7.91. The molecule has 2 aromatic rings. The second-order valence-electron chi connectivity index (χ2n) is 3.10. The molecule has 1 aromatic heterocycles. The van der Waals surface area contributed by atoms with Gasteiger partial charge in [0.2, 0.25) is 5.76 Å². The Morgan fingerprint density at radius 1 is 1.31 bits per heavy atom. The molecule has 0 aliphatic carbocycles. The zero-order valence-corrected chi connectivity index (χ0v) is 10.2. The molecule has 0 unspecified atom stereocenters. The summed E-state index contributed by atoms with van der Waals surface area (Å²) in [5.74, 6) is -0.716. The van der Waals surface area contributed by atoms with Crippen LogP contribution in [0.4, 0.5) is 0 Å². The number of hydrogen-bond acceptors (Lipinski definition) is 2. The van der Waals surface area contributed by atoms with Crippen LogP contribution in [0, 0.1) is 0 Å². The lowest BCUT2D eigenvalue weighted by atomic mass is 10.2. The molecule has 1 N–H and O–H groups in total. The van der Waals surface area contributed by atoms with Crippen molar-refractivity contribution in [3.05, 3.63) is 45.6 Å². The van der Waals surface area contributed by atoms with Gasteiger partial charge in [0.1, 0.15) is 5.76 Å². The minimum Gasteiger partial charge on any atom is -0.475 e. The number of carbonyl (C=O) groups is 1. The molecule has 5 heteroatoms. The summed E-state index contributed by atoms with van der Waals surface area (Å²) in [5.41, 5.74) is 0.767. The second-order valence-corrected chi connectivity index (χ2v) is 4.39. The van der Waals surface area contributed by atoms with Gasteiger partial charge in [0.15, 0.2) is 0 Å². The Labute approximate surface area is 105 Å². The molecule has 0 aliphatic rings. The molecule has 1 aromatic carbocycles. The lowest BCUT2D eigenvalue weighted by Gasteiger charge is -1.97. The van der Waals surface area contributed by atoms with Gasteiger partial charge in [-0.2, -0.15) is 0 Å². The van der Waals surface area contributed by atoms with E-state index in [1.165, 1.54) is 6.07 Å². The Bertz CT molecular complexity index is 531. The molecule has 0 atom stereocenters. The number of hydrogen-bond donors (Lipinski definition) is 1. The van der Waals surface area contributed by atoms with E-state index in [1.807, 2.05) is 0 Å². The zero-order chi connectivity index (χ0) is 11.7. The minimum absolute atomic E-state index is 0.100. The van der Waals surface area contributed by atoms with Gasteiger partial charge in [-0.3, -0.25) is 0 Å². The highest BCUT2D eigenvalue weighted by Gasteiger charge is 2.15. The van der Waals surface area contributed by atoms with Crippen LogP contribution in [0.1, 0.15) is 10.6 Å². The van der Waals surface area contributed by atoms with E-state index in [1.54, 1.807) is 24.3 Å². The van der Waals surface area contributed by atoms with E-state index in [2.05, 4.69) is 15.9 Å². The summed E-state index contributed by atoms with van der Waals surface area (Å²) < 4.78 is 5.82. The van der Waals surface area contributed by atoms with Gasteiger partial charge in [-0.25, -0.2) is 4.79 Å². The first-order chi connectivity index (χ1) is 7.58. The van der Waals surface area contributed by atoms with Gasteiger partial charge >= 0.3 is 5.97 Å². The predicted octanol–water partition coefficient (Wildman–Crippen LogP) is 4.06. The molecular weight excluding hydrogens is 295 g/mol. The van der Waals surface area contributed by atoms with E-state index in [4.69, 9.17) is 21.1 Å². The first kappa shape index (κ1) is 11.2. The third-order valence-electron chi connectivity index (χ3n) is 2.00. The summed E-state index contributed by atoms with van der Waals surface area (Å²) in [5, 5.41) is 9.39. The first-order valence-electron chi connectivity index (χ1n) is 4.36. The van der Waals surface area contributed by atoms with Crippen molar-refractivity contribution in [1.82, 2.24) is 0 Å². The summed E-state index contributed by atoms with van der Waals surface area (Å²) in [7, 11) is 0. The lowest BCUT2D eigenvalue weighted by Crippen LogP contribution is -1.91. The van der Waals surface area contributed by atoms with Crippen molar-refractivity contribution in [1.29, 1.82) is 0 Å². The van der Waals surface area contributed by atoms with E-state index in [0.29, 0.717) is 15.3 Å². The quantitative estimate of drug-likeness (QED) is 0.910. The smallest absolute Gasteiger partial charge is 0.371 e. The highest BCUT2D eigenvalue weighted by atomic mass is 79.9. The van der Waals surface area contributed by atoms with Gasteiger partial charge in [0.05, 0.1) is 4.47 Å². The van der Waals surface area contributed by atoms with Gasteiger partial charge in [-0.15, -0.1) is 0 Å². The fourth-order valence-corrected chi connectivity index (χ4v) is 1.92. The van der Waals surface area contributed by atoms with E-state index in [9.17, 15) is 4.79 Å². The van der Waals surface area contributed by atoms with E-state index >= 15 is 0 Å². The normalized spacial score (nSPS) is 10.4. The molecule has 0 amide bonds. The van der Waals surface area contributed by atoms with E-state index in [0.717, 1.165) is 5.56 Å². The van der Waals surface area contributed by atoms with Crippen molar-refractivity contribution in [2.24, 2.45) is 0 Å². The van der Waals surface area contributed by atoms with Crippen LogP contribution in [0.15, 0.2) is 39.2 Å². The van der Waals surface area contributed by atoms with Crippen LogP contribution in [0.25, 0.3) is 11.3 Å². The molecule has 2 rings (SSSR count). The van der Waals surface area contributed by atoms with Crippen LogP contribution in [0.2, 0.25) is 5.02 Å². The molecular formula is C11H6BrClO3. The maximum atomic E-state index is 10.7. The molecule has 0 saturated heterocycles. The van der Waals surface area contributed by atoms with Crippen molar-refractivity contribution in [2.75, 3.05) is 0 Å². The maximum absolute atomic E-state index is 10.7. The van der Waals surface area contributed by atoms with Gasteiger partial charge in [-0.1, -0.05) is 11.6 Å². The molecule has 82 valence electrons. The van der Waals surface area contributed by atoms with Gasteiger partial charge in [0, 0.05) is 16.7 Å². The molecule has 3 nitrogen and oxygen atoms in total. The summed E-state index contributed by atoms with van der Waals surface area (Å²) in [4.78, 5) is 10.7. The van der Waals surface area contributed by atoms with Crippen LogP contribution in [0.3, 0.4) is 0 Å². The number of rotatable bonds is 2. The van der Waals surface area contributed by atoms with Crippen molar-refractivity contribution >= 4 is 33.5 Å². The van der Waals surface area contributed by atoms with Crippen LogP contribution in [0.5, 0.6) is 0 Å². The van der Waals surface area contributed by atoms with E-state index < -0.39 is 5.97 Å². The summed E-state index contributed by atoms with van der Waals surface area (Å²) >= 11 is 9.01. The molecule has 0 saturated carbocycles. The summed E-state index contributed by atoms with van der Waals surface area (Å²) in [6.07, 6.45) is 0. The standard InChI is InChI=1S/C11H6BrClO3/c12-8-5-9(11(14)15)16-10(8)6-1-3-7(13)4-2-6/h1-5H,(H,14,15). The minimum atomic E-state index is -1.10. The fraction of sp³-hybridized carbons (Fsp3) is 0. The molecule has 0 bridgehead atoms. The maximum Gasteiger partial charge on any atom is 0.371 e. The number of furan rings is 1. The molecule has 16 heavy (non-hydrogen) atoms. The summed E-state index contributed by atoms with van der Waals surface area (Å²) in [6, 6.07) is 8.37. The van der Waals surface area contributed by atoms with Crippen molar-refractivity contribution in [3.63, 3.8) is 0 Å². The number of benzene rings is 1. The van der Waals surface area contributed by atoms with Gasteiger partial charge in [-0.05, 0) is 40.2 Å². The first-order valence-corrected chi connectivity index (χ1v) is 5.53. The largest absolute Gasteiger partial charge is 0.475 e. The van der Waals surface area contributed by atoms with Crippen molar-refractivity contribution < 1.29 is 14.3 Å². The average molecular weight is 302 g/mol.